The number of likely N-dealkylation sites (N-methyl/N-ethyl adjacent to an activating group) is 1. The van der Waals surface area contributed by atoms with Crippen molar-refractivity contribution in [3.63, 3.8) is 0 Å². The number of carbonyl (C=O) groups is 1. The monoisotopic (exact) mass is 317 g/mol. The summed E-state index contributed by atoms with van der Waals surface area (Å²) < 4.78 is 25.6. The molecule has 2 N–H and O–H groups in total. The van der Waals surface area contributed by atoms with Crippen LogP contribution in [0.25, 0.3) is 0 Å². The second-order valence-corrected chi connectivity index (χ2v) is 7.53. The van der Waals surface area contributed by atoms with Crippen LogP contribution in [-0.4, -0.2) is 52.5 Å². The molecule has 1 aliphatic heterocycles. The van der Waals surface area contributed by atoms with E-state index in [2.05, 4.69) is 10.0 Å². The van der Waals surface area contributed by atoms with Gasteiger partial charge in [0.1, 0.15) is 0 Å². The molecule has 1 aliphatic rings. The quantitative estimate of drug-likeness (QED) is 0.847. The van der Waals surface area contributed by atoms with Crippen molar-refractivity contribution < 1.29 is 13.2 Å². The van der Waals surface area contributed by atoms with Crippen LogP contribution in [0.5, 0.6) is 0 Å². The Labute approximate surface area is 123 Å². The molecule has 8 heteroatoms. The largest absolute Gasteiger partial charge is 0.336 e. The van der Waals surface area contributed by atoms with E-state index < -0.39 is 10.0 Å². The first-order chi connectivity index (χ1) is 9.47. The van der Waals surface area contributed by atoms with Gasteiger partial charge in [-0.05, 0) is 33.0 Å². The number of likely N-dealkylation sites (tertiary alicyclic amines) is 1. The lowest BCUT2D eigenvalue weighted by Gasteiger charge is -2.32. The second kappa shape index (κ2) is 6.21. The summed E-state index contributed by atoms with van der Waals surface area (Å²) in [4.78, 5) is 14.8. The van der Waals surface area contributed by atoms with E-state index in [1.165, 1.54) is 29.8 Å². The van der Waals surface area contributed by atoms with Gasteiger partial charge in [-0.15, -0.1) is 11.3 Å². The molecule has 0 spiro atoms. The lowest BCUT2D eigenvalue weighted by Crippen LogP contribution is -2.46. The average molecular weight is 317 g/mol. The van der Waals surface area contributed by atoms with E-state index in [9.17, 15) is 13.2 Å². The third kappa shape index (κ3) is 3.20. The molecule has 1 aromatic rings. The first-order valence-electron chi connectivity index (χ1n) is 6.46. The Morgan fingerprint density at radius 3 is 2.85 bits per heavy atom. The number of rotatable bonds is 4. The van der Waals surface area contributed by atoms with Crippen molar-refractivity contribution in [2.24, 2.45) is 0 Å². The highest BCUT2D eigenvalue weighted by atomic mass is 32.2. The van der Waals surface area contributed by atoms with E-state index in [4.69, 9.17) is 0 Å². The highest BCUT2D eigenvalue weighted by Gasteiger charge is 2.25. The highest BCUT2D eigenvalue weighted by Crippen LogP contribution is 2.22. The Kier molecular flexibility index (Phi) is 4.79. The molecule has 1 fully saturated rings. The maximum Gasteiger partial charge on any atom is 0.264 e. The summed E-state index contributed by atoms with van der Waals surface area (Å²) in [5.74, 6) is -0.0903. The number of sulfonamides is 1. The smallest absolute Gasteiger partial charge is 0.264 e. The standard InChI is InChI=1S/C12H19N3O3S2/c1-13-9-4-3-5-15(7-9)12(16)11-6-10(8-19-11)20(17,18)14-2/h6,8-9,13-14H,3-5,7H2,1-2H3. The maximum atomic E-state index is 12.4. The topological polar surface area (TPSA) is 78.5 Å². The average Bonchev–Trinajstić information content (AvgIpc) is 2.97. The van der Waals surface area contributed by atoms with Crippen molar-refractivity contribution >= 4 is 27.3 Å². The molecule has 0 bridgehead atoms. The first-order valence-corrected chi connectivity index (χ1v) is 8.83. The highest BCUT2D eigenvalue weighted by molar-refractivity contribution is 7.89. The fourth-order valence-corrected chi connectivity index (χ4v) is 4.21. The molecule has 1 aromatic heterocycles. The molecule has 2 rings (SSSR count). The number of amides is 1. The lowest BCUT2D eigenvalue weighted by atomic mass is 10.1. The van der Waals surface area contributed by atoms with E-state index in [0.29, 0.717) is 17.5 Å². The summed E-state index contributed by atoms with van der Waals surface area (Å²) >= 11 is 1.17. The Morgan fingerprint density at radius 1 is 1.45 bits per heavy atom. The van der Waals surface area contributed by atoms with Gasteiger partial charge in [0, 0.05) is 24.5 Å². The SMILES string of the molecule is CNC1CCCN(C(=O)c2cc(S(=O)(=O)NC)cs2)C1. The van der Waals surface area contributed by atoms with Crippen molar-refractivity contribution in [1.29, 1.82) is 0 Å². The van der Waals surface area contributed by atoms with Gasteiger partial charge < -0.3 is 10.2 Å². The van der Waals surface area contributed by atoms with Gasteiger partial charge in [-0.3, -0.25) is 4.79 Å². The van der Waals surface area contributed by atoms with Crippen molar-refractivity contribution in [3.8, 4) is 0 Å². The Hall–Kier alpha value is -0.960. The van der Waals surface area contributed by atoms with Crippen LogP contribution in [0.2, 0.25) is 0 Å². The van der Waals surface area contributed by atoms with Crippen LogP contribution >= 0.6 is 11.3 Å². The molecule has 112 valence electrons. The van der Waals surface area contributed by atoms with Crippen LogP contribution in [0.4, 0.5) is 0 Å². The van der Waals surface area contributed by atoms with Crippen LogP contribution in [0.15, 0.2) is 16.3 Å². The molecule has 20 heavy (non-hydrogen) atoms. The Bertz CT molecular complexity index is 583. The van der Waals surface area contributed by atoms with Gasteiger partial charge in [0.15, 0.2) is 0 Å². The predicted octanol–water partition coefficient (Wildman–Crippen LogP) is 0.480. The van der Waals surface area contributed by atoms with Gasteiger partial charge in [-0.2, -0.15) is 0 Å². The molecular formula is C12H19N3O3S2. The third-order valence-corrected chi connectivity index (χ3v) is 5.94. The van der Waals surface area contributed by atoms with Crippen LogP contribution in [0.3, 0.4) is 0 Å². The third-order valence-electron chi connectivity index (χ3n) is 3.48. The molecule has 0 aromatic carbocycles. The molecule has 0 radical (unpaired) electrons. The number of hydrogen-bond donors (Lipinski definition) is 2. The zero-order valence-electron chi connectivity index (χ0n) is 11.5. The van der Waals surface area contributed by atoms with Crippen LogP contribution < -0.4 is 10.0 Å². The second-order valence-electron chi connectivity index (χ2n) is 4.73. The van der Waals surface area contributed by atoms with Crippen LogP contribution in [0.1, 0.15) is 22.5 Å². The van der Waals surface area contributed by atoms with Crippen molar-refractivity contribution in [2.45, 2.75) is 23.8 Å². The van der Waals surface area contributed by atoms with Crippen molar-refractivity contribution in [1.82, 2.24) is 14.9 Å². The molecule has 1 amide bonds. The van der Waals surface area contributed by atoms with E-state index in [-0.39, 0.29) is 10.8 Å². The van der Waals surface area contributed by atoms with E-state index in [1.54, 1.807) is 4.90 Å². The molecule has 0 aliphatic carbocycles. The molecule has 2 heterocycles. The summed E-state index contributed by atoms with van der Waals surface area (Å²) in [7, 11) is -0.232. The van der Waals surface area contributed by atoms with Crippen LogP contribution in [0, 0.1) is 0 Å². The minimum Gasteiger partial charge on any atom is -0.336 e. The molecule has 1 saturated heterocycles. The van der Waals surface area contributed by atoms with Crippen LogP contribution in [-0.2, 0) is 10.0 Å². The van der Waals surface area contributed by atoms with Gasteiger partial charge in [-0.1, -0.05) is 0 Å². The molecule has 1 unspecified atom stereocenters. The van der Waals surface area contributed by atoms with Gasteiger partial charge in [-0.25, -0.2) is 13.1 Å². The Morgan fingerprint density at radius 2 is 2.20 bits per heavy atom. The number of hydrogen-bond acceptors (Lipinski definition) is 5. The summed E-state index contributed by atoms with van der Waals surface area (Å²) in [6.07, 6.45) is 2.02. The number of carbonyl (C=O) groups excluding carboxylic acids is 1. The Balaban J connectivity index is 2.14. The van der Waals surface area contributed by atoms with Gasteiger partial charge in [0.2, 0.25) is 10.0 Å². The number of nitrogens with zero attached hydrogens (tertiary/aromatic N) is 1. The van der Waals surface area contributed by atoms with Gasteiger partial charge in [0.05, 0.1) is 9.77 Å². The number of piperidine rings is 1. The van der Waals surface area contributed by atoms with Gasteiger partial charge in [0.25, 0.3) is 5.91 Å². The fourth-order valence-electron chi connectivity index (χ4n) is 2.24. The lowest BCUT2D eigenvalue weighted by molar-refractivity contribution is 0.0703. The van der Waals surface area contributed by atoms with Gasteiger partial charge >= 0.3 is 0 Å². The van der Waals surface area contributed by atoms with E-state index in [0.717, 1.165) is 19.4 Å². The number of thiophene rings is 1. The van der Waals surface area contributed by atoms with Crippen molar-refractivity contribution in [3.05, 3.63) is 16.3 Å². The molecule has 6 nitrogen and oxygen atoms in total. The number of nitrogens with one attached hydrogen (secondary N) is 2. The minimum atomic E-state index is -3.48. The normalized spacial score (nSPS) is 20.1. The predicted molar refractivity (Wildman–Crippen MR) is 78.5 cm³/mol. The summed E-state index contributed by atoms with van der Waals surface area (Å²) in [6, 6.07) is 1.76. The maximum absolute atomic E-state index is 12.4. The summed E-state index contributed by atoms with van der Waals surface area (Å²) in [5, 5.41) is 4.68. The fraction of sp³-hybridized carbons (Fsp3) is 0.583. The van der Waals surface area contributed by atoms with Crippen molar-refractivity contribution in [2.75, 3.05) is 27.2 Å². The first kappa shape index (κ1) is 15.4. The van der Waals surface area contributed by atoms with E-state index >= 15 is 0 Å². The molecule has 0 saturated carbocycles. The summed E-state index contributed by atoms with van der Waals surface area (Å²) in [6.45, 7) is 1.39. The molecule has 1 atom stereocenters. The summed E-state index contributed by atoms with van der Waals surface area (Å²) in [5.41, 5.74) is 0. The van der Waals surface area contributed by atoms with E-state index in [1.807, 2.05) is 7.05 Å². The zero-order valence-corrected chi connectivity index (χ0v) is 13.2. The molecular weight excluding hydrogens is 298 g/mol. The minimum absolute atomic E-state index is 0.0903. The zero-order chi connectivity index (χ0) is 14.8.